The quantitative estimate of drug-likeness (QED) is 0.0321. The molecule has 1 aromatic heterocycles. The van der Waals surface area contributed by atoms with E-state index in [1.807, 2.05) is 160 Å². The fourth-order valence-corrected chi connectivity index (χ4v) is 24.9. The number of piperidine rings is 15. The summed E-state index contributed by atoms with van der Waals surface area (Å²) < 4.78 is 21.2. The zero-order valence-electron chi connectivity index (χ0n) is 75.0. The molecule has 25 rings (SSSR count). The Kier molecular flexibility index (Phi) is 29.8. The Morgan fingerprint density at radius 2 is 0.706 bits per heavy atom. The third-order valence-electron chi connectivity index (χ3n) is 31.8. The average Bonchev–Trinajstić information content (AvgIpc) is 1.18. The minimum Gasteiger partial charge on any atom is -0.496 e. The molecular weight excluding hydrogens is 1590 g/mol. The number of imidazole rings is 1. The van der Waals surface area contributed by atoms with Crippen molar-refractivity contribution in [1.29, 1.82) is 0 Å². The van der Waals surface area contributed by atoms with Gasteiger partial charge in [0.2, 0.25) is 0 Å². The third kappa shape index (κ3) is 20.6. The van der Waals surface area contributed by atoms with Crippen molar-refractivity contribution >= 4 is 11.6 Å². The zero-order chi connectivity index (χ0) is 87.4. The number of hydrogen-bond acceptors (Lipinski definition) is 13. The summed E-state index contributed by atoms with van der Waals surface area (Å²) in [7, 11) is 3.74. The van der Waals surface area contributed by atoms with Crippen molar-refractivity contribution in [3.8, 4) is 5.75 Å². The van der Waals surface area contributed by atoms with Crippen molar-refractivity contribution in [3.63, 3.8) is 0 Å². The zero-order valence-corrected chi connectivity index (χ0v) is 75.7. The highest BCUT2D eigenvalue weighted by molar-refractivity contribution is 6.30. The fourth-order valence-electron chi connectivity index (χ4n) is 24.7. The van der Waals surface area contributed by atoms with Gasteiger partial charge in [0, 0.05) is 103 Å². The van der Waals surface area contributed by atoms with Gasteiger partial charge in [0.15, 0.2) is 0 Å². The number of methoxy groups -OCH3 is 1. The average molecular weight is 1730 g/mol. The highest BCUT2D eigenvalue weighted by Gasteiger charge is 2.53. The molecular formula is C110H143ClFN7O7. The molecule has 16 heteroatoms. The molecule has 0 radical (unpaired) electrons. The maximum Gasteiger partial charge on any atom is 0.123 e. The summed E-state index contributed by atoms with van der Waals surface area (Å²) in [5.41, 5.74) is 9.67. The number of rotatable bonds is 25. The van der Waals surface area contributed by atoms with Crippen LogP contribution in [0.3, 0.4) is 0 Å². The van der Waals surface area contributed by atoms with E-state index in [4.69, 9.17) is 16.3 Å². The van der Waals surface area contributed by atoms with Gasteiger partial charge in [0.05, 0.1) is 48.0 Å². The van der Waals surface area contributed by atoms with Crippen molar-refractivity contribution < 1.29 is 44.0 Å². The Morgan fingerprint density at radius 3 is 1.04 bits per heavy atom. The number of aryl methyl sites for hydroxylation is 6. The number of ether oxygens (including phenoxy) is 1. The number of nitrogens with zero attached hydrogens (tertiary/aromatic N) is 7. The van der Waals surface area contributed by atoms with Gasteiger partial charge in [-0.1, -0.05) is 218 Å². The lowest BCUT2D eigenvalue weighted by molar-refractivity contribution is -0.106. The van der Waals surface area contributed by atoms with Gasteiger partial charge in [-0.2, -0.15) is 0 Å². The summed E-state index contributed by atoms with van der Waals surface area (Å²) in [6.07, 6.45) is 21.6. The van der Waals surface area contributed by atoms with Crippen LogP contribution in [0.5, 0.6) is 5.75 Å². The summed E-state index contributed by atoms with van der Waals surface area (Å²) in [6, 6.07) is 78.4. The minimum atomic E-state index is -0.955. The molecule has 0 amide bonds. The van der Waals surface area contributed by atoms with Gasteiger partial charge in [0.1, 0.15) is 11.6 Å². The van der Waals surface area contributed by atoms with E-state index in [2.05, 4.69) is 126 Å². The van der Waals surface area contributed by atoms with Crippen molar-refractivity contribution in [2.75, 3.05) is 105 Å². The van der Waals surface area contributed by atoms with E-state index in [0.29, 0.717) is 60.7 Å². The third-order valence-corrected chi connectivity index (χ3v) is 32.1. The number of benzene rings is 9. The Morgan fingerprint density at radius 1 is 0.389 bits per heavy atom. The molecule has 15 saturated heterocycles. The predicted molar refractivity (Wildman–Crippen MR) is 510 cm³/mol. The fraction of sp³-hybridized carbons (Fsp3) is 0.482. The highest BCUT2D eigenvalue weighted by atomic mass is 35.5. The molecule has 10 unspecified atom stereocenters. The molecule has 0 spiro atoms. The monoisotopic (exact) mass is 1730 g/mol. The lowest BCUT2D eigenvalue weighted by atomic mass is 9.65. The molecule has 674 valence electrons. The Balaban J connectivity index is 0.000000137. The van der Waals surface area contributed by atoms with Gasteiger partial charge >= 0.3 is 0 Å². The van der Waals surface area contributed by atoms with Crippen LogP contribution in [0.15, 0.2) is 249 Å². The van der Waals surface area contributed by atoms with Crippen LogP contribution in [0.4, 0.5) is 4.39 Å². The van der Waals surface area contributed by atoms with Crippen molar-refractivity contribution in [1.82, 2.24) is 34.1 Å². The molecule has 16 heterocycles. The van der Waals surface area contributed by atoms with Crippen molar-refractivity contribution in [2.24, 2.45) is 66.2 Å². The van der Waals surface area contributed by atoms with Crippen LogP contribution in [0.25, 0.3) is 0 Å². The van der Waals surface area contributed by atoms with Crippen molar-refractivity contribution in [2.45, 2.75) is 164 Å². The SMILES string of the molecule is COc1ccccc1CCC(O)(c1ccccc1)C1CN2CCC1CC2.Cc1cc(Cl)ccc1C(O)(Cc1ccccc1)C1CN2CCC1CC2.Cc1cc(F)ccc1C(O)(Cc1ccccc1)C1CN2CCC1CC2.Cn1cncc1CCC(O)(c1ccccc1)C1CN2CCC1CC2.OCc1ccccc1CCC(O)(c1ccccc1)C1CN2CCC1CC2.[HH].[HH].[HH]. The molecule has 0 aliphatic carbocycles. The Labute approximate surface area is 758 Å². The molecule has 6 N–H and O–H groups in total. The van der Waals surface area contributed by atoms with Crippen LogP contribution >= 0.6 is 11.6 Å². The molecule has 10 atom stereocenters. The van der Waals surface area contributed by atoms with Gasteiger partial charge in [-0.25, -0.2) is 9.37 Å². The smallest absolute Gasteiger partial charge is 0.123 e. The first kappa shape index (κ1) is 91.1. The van der Waals surface area contributed by atoms with Crippen LogP contribution in [0.2, 0.25) is 5.02 Å². The normalized spacial score (nSPS) is 27.7. The van der Waals surface area contributed by atoms with E-state index >= 15 is 0 Å². The second kappa shape index (κ2) is 41.3. The number of hydrogen-bond donors (Lipinski definition) is 6. The standard InChI is InChI=1S/2C23H29NO2.C22H26ClNO.C22H26FNO.C20H27N3O.3H2/c1-26-22-10-6-5-7-19(22)11-14-23(25,20-8-3-2-4-9-20)21-17-24-15-12-18(21)13-16-24;25-17-20-7-5-4-6-18(20)10-13-23(26,21-8-2-1-3-9-21)22-16-24-14-11-19(22)12-15-24;2*1-16-13-19(23)7-8-20(16)22(25,14-17-5-3-2-4-6-17)21-15-24-11-9-18(21)10-12-24;1-22-15-21-13-18(22)7-10-20(24,17-5-3-2-4-6-17)19-14-23-11-8-16(19)9-12-23;;;/h2-10,18,21,25H,11-17H2,1H3;1-9,19,22,25-26H,10-17H2;2*2-8,13,18,21,25H,9-12,14-15H2,1H3;2-6,13,15-16,19,24H,7-12,14H2,1H3;3*1H. The van der Waals surface area contributed by atoms with E-state index in [0.717, 1.165) is 157 Å². The lowest BCUT2D eigenvalue weighted by Crippen LogP contribution is -2.56. The summed E-state index contributed by atoms with van der Waals surface area (Å²) in [6.45, 7) is 20.8. The first-order valence-electron chi connectivity index (χ1n) is 47.5. The van der Waals surface area contributed by atoms with E-state index in [9.17, 15) is 35.0 Å². The van der Waals surface area contributed by atoms with Crippen LogP contribution in [0, 0.1) is 78.8 Å². The number of halogens is 2. The first-order chi connectivity index (χ1) is 61.2. The molecule has 14 nitrogen and oxygen atoms in total. The second-order valence-electron chi connectivity index (χ2n) is 38.9. The molecule has 15 fully saturated rings. The van der Waals surface area contributed by atoms with Gasteiger partial charge in [-0.05, 0) is 309 Å². The summed E-state index contributed by atoms with van der Waals surface area (Å²) in [4.78, 5) is 16.8. The summed E-state index contributed by atoms with van der Waals surface area (Å²) >= 11 is 6.19. The van der Waals surface area contributed by atoms with E-state index in [1.165, 1.54) is 127 Å². The minimum absolute atomic E-state index is 0. The van der Waals surface area contributed by atoms with E-state index in [1.54, 1.807) is 19.2 Å². The second-order valence-corrected chi connectivity index (χ2v) is 39.4. The van der Waals surface area contributed by atoms with Gasteiger partial charge in [0.25, 0.3) is 0 Å². The largest absolute Gasteiger partial charge is 0.496 e. The lowest BCUT2D eigenvalue weighted by Gasteiger charge is -2.51. The Bertz CT molecular complexity index is 4840. The van der Waals surface area contributed by atoms with Gasteiger partial charge in [-0.15, -0.1) is 0 Å². The van der Waals surface area contributed by atoms with E-state index in [-0.39, 0.29) is 34.5 Å². The first-order valence-corrected chi connectivity index (χ1v) is 47.8. The number of aliphatic hydroxyl groups excluding tert-OH is 1. The van der Waals surface area contributed by atoms with Crippen LogP contribution < -0.4 is 4.74 Å². The van der Waals surface area contributed by atoms with Crippen LogP contribution in [-0.2, 0) is 73.8 Å². The van der Waals surface area contributed by atoms with Crippen LogP contribution in [0.1, 0.15) is 160 Å². The molecule has 15 aliphatic heterocycles. The summed E-state index contributed by atoms with van der Waals surface area (Å²) in [5.74, 6) is 5.10. The highest BCUT2D eigenvalue weighted by Crippen LogP contribution is 2.52. The van der Waals surface area contributed by atoms with Gasteiger partial charge < -0.3 is 64.4 Å². The topological polar surface area (TPSA) is 165 Å². The van der Waals surface area contributed by atoms with Crippen LogP contribution in [-0.4, -0.2) is 170 Å². The maximum absolute atomic E-state index is 13.7. The number of aromatic nitrogens is 2. The Hall–Kier alpha value is -8.23. The molecule has 15 aliphatic rings. The molecule has 10 aromatic rings. The number of para-hydroxylation sites is 1. The number of aliphatic hydroxyl groups is 6. The molecule has 0 saturated carbocycles. The van der Waals surface area contributed by atoms with Gasteiger partial charge in [-0.3, -0.25) is 0 Å². The molecule has 126 heavy (non-hydrogen) atoms. The van der Waals surface area contributed by atoms with E-state index < -0.39 is 28.0 Å². The number of fused-ring (bicyclic) bond motifs is 15. The molecule has 9 aromatic carbocycles. The predicted octanol–water partition coefficient (Wildman–Crippen LogP) is 18.8. The van der Waals surface area contributed by atoms with Crippen molar-refractivity contribution in [3.05, 3.63) is 332 Å². The molecule has 10 bridgehead atoms. The summed E-state index contributed by atoms with van der Waals surface area (Å²) in [5, 5.41) is 70.3. The maximum atomic E-state index is 13.7.